The summed E-state index contributed by atoms with van der Waals surface area (Å²) in [6, 6.07) is 5.79. The van der Waals surface area contributed by atoms with Gasteiger partial charge in [0.05, 0.1) is 37.5 Å². The summed E-state index contributed by atoms with van der Waals surface area (Å²) in [5.41, 5.74) is 4.40. The Morgan fingerprint density at radius 3 is 2.30 bits per heavy atom. The molecule has 4 N–H and O–H groups in total. The maximum atomic E-state index is 14.8. The standard InChI is InChI=1S/C41H61N5O11/c1-11-30-41(8)34-23(4)31(47)21(2)17-40(7,56-38(51)44-19-28(20-46(34)39(52)57-41)43-18-26-12-14-27(42)15-13-26)35(24(5)32(48)25(6)36(50)54-30)55-37-33(49)29(45(9)10)16-22(3)53-37/h12-15,21-25,29-30,33-35,37,49H,11,16-20,42H2,1-10H3,(H,44,51)/t21-,22-,23+,24+,25-,29+,30-,33-,34+,35-,37+,40-,41-/m1/s1. The minimum absolute atomic E-state index is 0.131. The molecule has 0 radical (unpaired) electrons. The van der Waals surface area contributed by atoms with Gasteiger partial charge in [0.15, 0.2) is 17.7 Å². The quantitative estimate of drug-likeness (QED) is 0.163. The number of ether oxygens (including phenoxy) is 5. The number of alkyl carbamates (subject to hydrolysis) is 1. The van der Waals surface area contributed by atoms with Crippen LogP contribution < -0.4 is 11.1 Å². The molecular weight excluding hydrogens is 738 g/mol. The number of nitrogens with zero attached hydrogens (tertiary/aromatic N) is 3. The number of likely N-dealkylation sites (N-methyl/N-ethyl adjacent to an activating group) is 1. The molecule has 0 aromatic heterocycles. The number of benzene rings is 1. The number of aliphatic hydroxyl groups is 1. The Balaban J connectivity index is 1.68. The van der Waals surface area contributed by atoms with Crippen LogP contribution >= 0.6 is 0 Å². The van der Waals surface area contributed by atoms with Crippen LogP contribution in [0.15, 0.2) is 29.3 Å². The van der Waals surface area contributed by atoms with Gasteiger partial charge in [0.2, 0.25) is 0 Å². The van der Waals surface area contributed by atoms with Crippen molar-refractivity contribution in [2.24, 2.45) is 28.7 Å². The third kappa shape index (κ3) is 9.13. The van der Waals surface area contributed by atoms with Gasteiger partial charge >= 0.3 is 18.2 Å². The summed E-state index contributed by atoms with van der Waals surface area (Å²) in [6.45, 7) is 13.1. The summed E-state index contributed by atoms with van der Waals surface area (Å²) in [6.07, 6.45) is -6.28. The minimum Gasteiger partial charge on any atom is -0.458 e. The Labute approximate surface area is 335 Å². The Bertz CT molecular complexity index is 1710. The predicted octanol–water partition coefficient (Wildman–Crippen LogP) is 3.51. The molecule has 4 aliphatic heterocycles. The van der Waals surface area contributed by atoms with E-state index < -0.39 is 89.5 Å². The normalized spacial score (nSPS) is 39.2. The van der Waals surface area contributed by atoms with Crippen LogP contribution in [0.2, 0.25) is 0 Å². The number of hydrogen-bond donors (Lipinski definition) is 3. The number of esters is 1. The molecule has 2 bridgehead atoms. The number of nitrogen functional groups attached to an aromatic ring is 1. The van der Waals surface area contributed by atoms with Gasteiger partial charge in [-0.25, -0.2) is 9.59 Å². The Morgan fingerprint density at radius 2 is 1.67 bits per heavy atom. The fourth-order valence-electron chi connectivity index (χ4n) is 9.15. The fraction of sp³-hybridized carbons (Fsp3) is 0.707. The van der Waals surface area contributed by atoms with Crippen molar-refractivity contribution >= 4 is 41.1 Å². The van der Waals surface area contributed by atoms with Gasteiger partial charge in [0, 0.05) is 29.5 Å². The number of cyclic esters (lactones) is 1. The van der Waals surface area contributed by atoms with Gasteiger partial charge in [0.1, 0.15) is 35.6 Å². The first-order valence-corrected chi connectivity index (χ1v) is 20.0. The summed E-state index contributed by atoms with van der Waals surface area (Å²) in [5.74, 6) is -5.95. The van der Waals surface area contributed by atoms with E-state index in [0.29, 0.717) is 17.8 Å². The second-order valence-electron chi connectivity index (χ2n) is 17.0. The summed E-state index contributed by atoms with van der Waals surface area (Å²) >= 11 is 0. The third-order valence-corrected chi connectivity index (χ3v) is 12.3. The number of anilines is 1. The monoisotopic (exact) mass is 799 g/mol. The average Bonchev–Trinajstić information content (AvgIpc) is 3.41. The molecule has 2 amide bonds. The molecule has 4 fully saturated rings. The van der Waals surface area contributed by atoms with E-state index in [1.165, 1.54) is 11.8 Å². The number of ketones is 2. The van der Waals surface area contributed by atoms with Gasteiger partial charge in [0.25, 0.3) is 0 Å². The molecular formula is C41H61N5O11. The highest BCUT2D eigenvalue weighted by molar-refractivity contribution is 6.00. The molecule has 16 nitrogen and oxygen atoms in total. The zero-order chi connectivity index (χ0) is 42.1. The molecule has 1 aromatic rings. The number of nitrogens with one attached hydrogen (secondary N) is 1. The number of aliphatic imine (C=N–C) groups is 1. The van der Waals surface area contributed by atoms with Crippen molar-refractivity contribution in [2.45, 2.75) is 135 Å². The molecule has 0 unspecified atom stereocenters. The first-order valence-electron chi connectivity index (χ1n) is 20.0. The highest BCUT2D eigenvalue weighted by Crippen LogP contribution is 2.43. The van der Waals surface area contributed by atoms with Gasteiger partial charge < -0.3 is 44.7 Å². The molecule has 4 aliphatic rings. The Morgan fingerprint density at radius 1 is 1.00 bits per heavy atom. The van der Waals surface area contributed by atoms with Gasteiger partial charge in [-0.15, -0.1) is 0 Å². The number of rotatable bonds is 6. The second kappa shape index (κ2) is 17.4. The van der Waals surface area contributed by atoms with E-state index in [1.807, 2.05) is 38.1 Å². The highest BCUT2D eigenvalue weighted by atomic mass is 16.7. The molecule has 5 rings (SSSR count). The van der Waals surface area contributed by atoms with Gasteiger partial charge in [-0.05, 0) is 78.7 Å². The number of carbonyl (C=O) groups is 5. The van der Waals surface area contributed by atoms with E-state index in [-0.39, 0.29) is 50.4 Å². The maximum Gasteiger partial charge on any atom is 0.411 e. The van der Waals surface area contributed by atoms with Crippen molar-refractivity contribution in [3.05, 3.63) is 29.8 Å². The highest BCUT2D eigenvalue weighted by Gasteiger charge is 2.61. The smallest absolute Gasteiger partial charge is 0.411 e. The molecule has 0 saturated carbocycles. The van der Waals surface area contributed by atoms with Crippen LogP contribution in [0.25, 0.3) is 0 Å². The Hall–Kier alpha value is -4.12. The first-order chi connectivity index (χ1) is 26.7. The number of aliphatic hydroxyl groups excluding tert-OH is 1. The lowest BCUT2D eigenvalue weighted by molar-refractivity contribution is -0.292. The summed E-state index contributed by atoms with van der Waals surface area (Å²) < 4.78 is 31.2. The van der Waals surface area contributed by atoms with Crippen molar-refractivity contribution in [2.75, 3.05) is 32.9 Å². The molecule has 13 atom stereocenters. The third-order valence-electron chi connectivity index (χ3n) is 12.3. The average molecular weight is 800 g/mol. The van der Waals surface area contributed by atoms with Crippen molar-refractivity contribution in [3.63, 3.8) is 0 Å². The summed E-state index contributed by atoms with van der Waals surface area (Å²) in [5, 5.41) is 14.3. The predicted molar refractivity (Wildman–Crippen MR) is 209 cm³/mol. The van der Waals surface area contributed by atoms with Crippen LogP contribution in [0.5, 0.6) is 0 Å². The molecule has 57 heavy (non-hydrogen) atoms. The van der Waals surface area contributed by atoms with E-state index in [1.54, 1.807) is 53.7 Å². The largest absolute Gasteiger partial charge is 0.458 e. The maximum absolute atomic E-state index is 14.8. The SMILES string of the molecule is CC[C@H]1OC(=O)[C@H](C)C(=O)[C@H](C)[C@@H](O[C@@H]2O[C@H](C)C[C@H](N(C)C)[C@H]2O)[C@@]2(C)C[C@@H](C)C(=O)[C@H](C)[C@@H]3N(CC(=NCc4ccc(N)cc4)CNC(=O)O2)C(=O)O[C@@]31C. The van der Waals surface area contributed by atoms with E-state index in [0.717, 1.165) is 5.56 Å². The molecule has 0 spiro atoms. The molecule has 16 heteroatoms. The van der Waals surface area contributed by atoms with Crippen LogP contribution in [0.4, 0.5) is 15.3 Å². The summed E-state index contributed by atoms with van der Waals surface area (Å²) in [7, 11) is 3.66. The van der Waals surface area contributed by atoms with Crippen molar-refractivity contribution in [3.8, 4) is 0 Å². The molecule has 1 aromatic carbocycles. The fourth-order valence-corrected chi connectivity index (χ4v) is 9.15. The minimum atomic E-state index is -1.73. The second-order valence-corrected chi connectivity index (χ2v) is 17.0. The van der Waals surface area contributed by atoms with Gasteiger partial charge in [-0.2, -0.15) is 0 Å². The number of carbonyl (C=O) groups excluding carboxylic acids is 5. The van der Waals surface area contributed by atoms with Crippen LogP contribution in [0.3, 0.4) is 0 Å². The van der Waals surface area contributed by atoms with E-state index in [2.05, 4.69) is 5.32 Å². The molecule has 0 aliphatic carbocycles. The van der Waals surface area contributed by atoms with E-state index in [9.17, 15) is 29.1 Å². The van der Waals surface area contributed by atoms with Crippen molar-refractivity contribution in [1.82, 2.24) is 15.1 Å². The number of amides is 2. The van der Waals surface area contributed by atoms with Crippen LogP contribution in [0, 0.1) is 23.7 Å². The lowest BCUT2D eigenvalue weighted by Gasteiger charge is -2.47. The van der Waals surface area contributed by atoms with Gasteiger partial charge in [-0.3, -0.25) is 24.3 Å². The van der Waals surface area contributed by atoms with Crippen molar-refractivity contribution in [1.29, 1.82) is 0 Å². The van der Waals surface area contributed by atoms with Crippen molar-refractivity contribution < 1.29 is 52.8 Å². The Kier molecular flexibility index (Phi) is 13.4. The zero-order valence-electron chi connectivity index (χ0n) is 34.9. The summed E-state index contributed by atoms with van der Waals surface area (Å²) in [4.78, 5) is 79.2. The molecule has 4 saturated heterocycles. The number of nitrogens with two attached hydrogens (primary N) is 1. The first kappa shape index (κ1) is 44.0. The van der Waals surface area contributed by atoms with Crippen LogP contribution in [-0.2, 0) is 44.6 Å². The van der Waals surface area contributed by atoms with E-state index >= 15 is 0 Å². The van der Waals surface area contributed by atoms with Crippen LogP contribution in [-0.4, -0.2) is 132 Å². The number of fused-ring (bicyclic) bond motifs is 4. The lowest BCUT2D eigenvalue weighted by Crippen LogP contribution is -2.60. The number of Topliss-reactive ketones (excluding diaryl/α,β-unsaturated/α-hetero) is 2. The molecule has 4 heterocycles. The number of hydrogen-bond acceptors (Lipinski definition) is 14. The molecule has 316 valence electrons. The van der Waals surface area contributed by atoms with E-state index in [4.69, 9.17) is 34.4 Å². The van der Waals surface area contributed by atoms with Gasteiger partial charge in [-0.1, -0.05) is 39.8 Å². The zero-order valence-corrected chi connectivity index (χ0v) is 34.9. The lowest BCUT2D eigenvalue weighted by atomic mass is 9.73. The van der Waals surface area contributed by atoms with Crippen LogP contribution in [0.1, 0.15) is 80.2 Å². The topological polar surface area (TPSA) is 209 Å².